The SMILES string of the molecule is OCC(CO)Nc1ccc2c(c1)CCC2. The Morgan fingerprint density at radius 2 is 1.87 bits per heavy atom. The summed E-state index contributed by atoms with van der Waals surface area (Å²) in [6.07, 6.45) is 3.56. The van der Waals surface area contributed by atoms with Crippen molar-refractivity contribution in [2.24, 2.45) is 0 Å². The van der Waals surface area contributed by atoms with Crippen molar-refractivity contribution in [3.05, 3.63) is 29.3 Å². The van der Waals surface area contributed by atoms with E-state index in [1.165, 1.54) is 24.0 Å². The summed E-state index contributed by atoms with van der Waals surface area (Å²) in [5.41, 5.74) is 3.82. The molecule has 3 nitrogen and oxygen atoms in total. The number of fused-ring (bicyclic) bond motifs is 1. The highest BCUT2D eigenvalue weighted by atomic mass is 16.3. The van der Waals surface area contributed by atoms with Gasteiger partial charge in [0.2, 0.25) is 0 Å². The smallest absolute Gasteiger partial charge is 0.0723 e. The summed E-state index contributed by atoms with van der Waals surface area (Å²) in [6.45, 7) is -0.0961. The first-order valence-electron chi connectivity index (χ1n) is 5.43. The zero-order chi connectivity index (χ0) is 10.7. The van der Waals surface area contributed by atoms with E-state index in [4.69, 9.17) is 10.2 Å². The van der Waals surface area contributed by atoms with E-state index in [9.17, 15) is 0 Å². The molecule has 0 fully saturated rings. The van der Waals surface area contributed by atoms with E-state index in [1.54, 1.807) is 0 Å². The van der Waals surface area contributed by atoms with Crippen LogP contribution in [0.5, 0.6) is 0 Å². The molecule has 0 spiro atoms. The standard InChI is InChI=1S/C12H17NO2/c14-7-12(8-15)13-11-5-4-9-2-1-3-10(9)6-11/h4-6,12-15H,1-3,7-8H2. The predicted molar refractivity (Wildman–Crippen MR) is 60.0 cm³/mol. The van der Waals surface area contributed by atoms with E-state index >= 15 is 0 Å². The second-order valence-corrected chi connectivity index (χ2v) is 4.04. The molecule has 0 aromatic heterocycles. The topological polar surface area (TPSA) is 52.5 Å². The quantitative estimate of drug-likeness (QED) is 0.688. The van der Waals surface area contributed by atoms with Gasteiger partial charge in [-0.25, -0.2) is 0 Å². The van der Waals surface area contributed by atoms with Crippen molar-refractivity contribution >= 4 is 5.69 Å². The maximum absolute atomic E-state index is 8.96. The van der Waals surface area contributed by atoms with Gasteiger partial charge in [-0.05, 0) is 42.5 Å². The van der Waals surface area contributed by atoms with E-state index in [0.29, 0.717) is 0 Å². The summed E-state index contributed by atoms with van der Waals surface area (Å²) in [7, 11) is 0. The van der Waals surface area contributed by atoms with Crippen LogP contribution >= 0.6 is 0 Å². The van der Waals surface area contributed by atoms with Gasteiger partial charge in [0.1, 0.15) is 0 Å². The van der Waals surface area contributed by atoms with Crippen LogP contribution in [0, 0.1) is 0 Å². The second-order valence-electron chi connectivity index (χ2n) is 4.04. The summed E-state index contributed by atoms with van der Waals surface area (Å²) in [4.78, 5) is 0. The molecule has 0 bridgehead atoms. The van der Waals surface area contributed by atoms with Crippen molar-refractivity contribution in [2.75, 3.05) is 18.5 Å². The zero-order valence-corrected chi connectivity index (χ0v) is 8.74. The van der Waals surface area contributed by atoms with Crippen LogP contribution in [0.3, 0.4) is 0 Å². The van der Waals surface area contributed by atoms with Gasteiger partial charge in [-0.1, -0.05) is 6.07 Å². The first-order chi connectivity index (χ1) is 7.33. The van der Waals surface area contributed by atoms with Crippen LogP contribution in [-0.2, 0) is 12.8 Å². The molecule has 82 valence electrons. The van der Waals surface area contributed by atoms with Crippen molar-refractivity contribution in [1.29, 1.82) is 0 Å². The van der Waals surface area contributed by atoms with Crippen molar-refractivity contribution in [3.63, 3.8) is 0 Å². The minimum absolute atomic E-state index is 0.0480. The summed E-state index contributed by atoms with van der Waals surface area (Å²) in [5.74, 6) is 0. The van der Waals surface area contributed by atoms with E-state index in [0.717, 1.165) is 12.1 Å². The minimum Gasteiger partial charge on any atom is -0.394 e. The number of anilines is 1. The van der Waals surface area contributed by atoms with Gasteiger partial charge in [0.15, 0.2) is 0 Å². The Morgan fingerprint density at radius 1 is 1.13 bits per heavy atom. The van der Waals surface area contributed by atoms with Gasteiger partial charge in [-0.2, -0.15) is 0 Å². The van der Waals surface area contributed by atoms with Crippen molar-refractivity contribution in [2.45, 2.75) is 25.3 Å². The number of nitrogens with one attached hydrogen (secondary N) is 1. The van der Waals surface area contributed by atoms with Gasteiger partial charge in [-0.15, -0.1) is 0 Å². The second kappa shape index (κ2) is 4.64. The number of aryl methyl sites for hydroxylation is 2. The Kier molecular flexibility index (Phi) is 3.23. The average molecular weight is 207 g/mol. The molecule has 0 heterocycles. The number of aliphatic hydroxyl groups excluding tert-OH is 2. The van der Waals surface area contributed by atoms with Gasteiger partial charge in [-0.3, -0.25) is 0 Å². The maximum Gasteiger partial charge on any atom is 0.0723 e. The van der Waals surface area contributed by atoms with Gasteiger partial charge in [0, 0.05) is 5.69 Å². The molecule has 3 N–H and O–H groups in total. The summed E-state index contributed by atoms with van der Waals surface area (Å²) in [5, 5.41) is 21.0. The summed E-state index contributed by atoms with van der Waals surface area (Å²) < 4.78 is 0. The molecule has 0 amide bonds. The Balaban J connectivity index is 2.09. The third-order valence-electron chi connectivity index (χ3n) is 2.91. The highest BCUT2D eigenvalue weighted by molar-refractivity contribution is 5.50. The van der Waals surface area contributed by atoms with Gasteiger partial charge < -0.3 is 15.5 Å². The molecule has 1 aliphatic carbocycles. The number of hydrogen-bond donors (Lipinski definition) is 3. The lowest BCUT2D eigenvalue weighted by atomic mass is 10.1. The fourth-order valence-corrected chi connectivity index (χ4v) is 2.05. The fourth-order valence-electron chi connectivity index (χ4n) is 2.05. The molecule has 3 heteroatoms. The maximum atomic E-state index is 8.96. The van der Waals surface area contributed by atoms with E-state index in [2.05, 4.69) is 17.4 Å². The van der Waals surface area contributed by atoms with Gasteiger partial charge in [0.25, 0.3) is 0 Å². The van der Waals surface area contributed by atoms with Crippen LogP contribution in [0.15, 0.2) is 18.2 Å². The normalized spacial score (nSPS) is 14.3. The van der Waals surface area contributed by atoms with Gasteiger partial charge >= 0.3 is 0 Å². The molecule has 1 aliphatic rings. The van der Waals surface area contributed by atoms with Crippen LogP contribution in [0.2, 0.25) is 0 Å². The van der Waals surface area contributed by atoms with Gasteiger partial charge in [0.05, 0.1) is 19.3 Å². The largest absolute Gasteiger partial charge is 0.394 e. The van der Waals surface area contributed by atoms with Crippen LogP contribution in [0.1, 0.15) is 17.5 Å². The highest BCUT2D eigenvalue weighted by Gasteiger charge is 2.12. The van der Waals surface area contributed by atoms with Crippen LogP contribution in [0.4, 0.5) is 5.69 Å². The van der Waals surface area contributed by atoms with Crippen molar-refractivity contribution < 1.29 is 10.2 Å². The average Bonchev–Trinajstić information content (AvgIpc) is 2.73. The Bertz CT molecular complexity index is 334. The number of hydrogen-bond acceptors (Lipinski definition) is 3. The van der Waals surface area contributed by atoms with E-state index < -0.39 is 0 Å². The lowest BCUT2D eigenvalue weighted by molar-refractivity contribution is 0.204. The summed E-state index contributed by atoms with van der Waals surface area (Å²) >= 11 is 0. The number of aliphatic hydroxyl groups is 2. The predicted octanol–water partition coefficient (Wildman–Crippen LogP) is 0.940. The molecule has 0 saturated carbocycles. The fraction of sp³-hybridized carbons (Fsp3) is 0.500. The van der Waals surface area contributed by atoms with Crippen molar-refractivity contribution in [3.8, 4) is 0 Å². The third kappa shape index (κ3) is 2.30. The molecular formula is C12H17NO2. The Hall–Kier alpha value is -1.06. The minimum atomic E-state index is -0.260. The highest BCUT2D eigenvalue weighted by Crippen LogP contribution is 2.25. The van der Waals surface area contributed by atoms with Crippen LogP contribution in [-0.4, -0.2) is 29.5 Å². The first-order valence-corrected chi connectivity index (χ1v) is 5.43. The van der Waals surface area contributed by atoms with Crippen molar-refractivity contribution in [1.82, 2.24) is 0 Å². The first kappa shape index (κ1) is 10.5. The molecule has 1 aromatic carbocycles. The Labute approximate surface area is 89.8 Å². The monoisotopic (exact) mass is 207 g/mol. The molecule has 1 aromatic rings. The van der Waals surface area contributed by atoms with Crippen LogP contribution < -0.4 is 5.32 Å². The molecular weight excluding hydrogens is 190 g/mol. The molecule has 2 rings (SSSR count). The lowest BCUT2D eigenvalue weighted by Gasteiger charge is -2.15. The molecule has 0 radical (unpaired) electrons. The molecule has 0 unspecified atom stereocenters. The molecule has 15 heavy (non-hydrogen) atoms. The Morgan fingerprint density at radius 3 is 2.60 bits per heavy atom. The molecule has 0 atom stereocenters. The molecule has 0 aliphatic heterocycles. The zero-order valence-electron chi connectivity index (χ0n) is 8.74. The molecule has 0 saturated heterocycles. The third-order valence-corrected chi connectivity index (χ3v) is 2.91. The lowest BCUT2D eigenvalue weighted by Crippen LogP contribution is -2.27. The number of benzene rings is 1. The van der Waals surface area contributed by atoms with E-state index in [1.807, 2.05) is 6.07 Å². The van der Waals surface area contributed by atoms with Crippen LogP contribution in [0.25, 0.3) is 0 Å². The summed E-state index contributed by atoms with van der Waals surface area (Å²) in [6, 6.07) is 6.02. The van der Waals surface area contributed by atoms with E-state index in [-0.39, 0.29) is 19.3 Å². The number of rotatable bonds is 4.